The van der Waals surface area contributed by atoms with Crippen LogP contribution >= 0.6 is 0 Å². The van der Waals surface area contributed by atoms with Gasteiger partial charge in [0, 0.05) is 6.92 Å². The molecular formula is C11H14N2O3. The first-order valence-corrected chi connectivity index (χ1v) is 4.74. The highest BCUT2D eigenvalue weighted by Crippen LogP contribution is 2.32. The summed E-state index contributed by atoms with van der Waals surface area (Å²) in [6, 6.07) is 8.48. The summed E-state index contributed by atoms with van der Waals surface area (Å²) in [4.78, 5) is 20.5. The highest BCUT2D eigenvalue weighted by molar-refractivity contribution is 5.84. The van der Waals surface area contributed by atoms with Gasteiger partial charge in [-0.25, -0.2) is 4.79 Å². The van der Waals surface area contributed by atoms with Crippen LogP contribution in [0.15, 0.2) is 24.3 Å². The minimum Gasteiger partial charge on any atom is -0.479 e. The molecule has 2 rings (SSSR count). The second-order valence-corrected chi connectivity index (χ2v) is 3.77. The van der Waals surface area contributed by atoms with Crippen LogP contribution in [0.2, 0.25) is 0 Å². The third kappa shape index (κ3) is 3.36. The van der Waals surface area contributed by atoms with Gasteiger partial charge in [-0.3, -0.25) is 10.5 Å². The molecule has 5 nitrogen and oxygen atoms in total. The number of hydrogen-bond donors (Lipinski definition) is 3. The minimum atomic E-state index is -1.66. The Morgan fingerprint density at radius 2 is 1.88 bits per heavy atom. The van der Waals surface area contributed by atoms with E-state index in [0.717, 1.165) is 0 Å². The van der Waals surface area contributed by atoms with Crippen LogP contribution in [0.4, 0.5) is 0 Å². The van der Waals surface area contributed by atoms with E-state index >= 15 is 0 Å². The van der Waals surface area contributed by atoms with Crippen molar-refractivity contribution in [2.75, 3.05) is 0 Å². The highest BCUT2D eigenvalue weighted by atomic mass is 16.4. The van der Waals surface area contributed by atoms with Crippen LogP contribution in [-0.4, -0.2) is 22.6 Å². The third-order valence-corrected chi connectivity index (χ3v) is 1.99. The maximum absolute atomic E-state index is 10.3. The molecule has 0 aliphatic heterocycles. The van der Waals surface area contributed by atoms with Crippen LogP contribution in [0, 0.1) is 0 Å². The first kappa shape index (κ1) is 12.2. The van der Waals surface area contributed by atoms with E-state index in [4.69, 9.17) is 10.8 Å². The van der Waals surface area contributed by atoms with Crippen LogP contribution in [0.1, 0.15) is 13.8 Å². The summed E-state index contributed by atoms with van der Waals surface area (Å²) in [5.41, 5.74) is 6.32. The van der Waals surface area contributed by atoms with Gasteiger partial charge in [-0.15, -0.1) is 0 Å². The molecule has 0 saturated carbocycles. The molecule has 1 amide bonds. The molecule has 5 heteroatoms. The first-order valence-electron chi connectivity index (χ1n) is 4.74. The molecule has 0 spiro atoms. The Morgan fingerprint density at radius 1 is 1.38 bits per heavy atom. The van der Waals surface area contributed by atoms with Crippen molar-refractivity contribution in [3.05, 3.63) is 24.3 Å². The van der Waals surface area contributed by atoms with E-state index in [0.29, 0.717) is 0 Å². The van der Waals surface area contributed by atoms with Gasteiger partial charge in [0.05, 0.1) is 0 Å². The van der Waals surface area contributed by atoms with Gasteiger partial charge in [-0.05, 0) is 24.1 Å². The van der Waals surface area contributed by atoms with Crippen molar-refractivity contribution in [3.63, 3.8) is 0 Å². The van der Waals surface area contributed by atoms with Gasteiger partial charge in [0.2, 0.25) is 5.91 Å². The van der Waals surface area contributed by atoms with Crippen molar-refractivity contribution >= 4 is 11.9 Å². The Balaban J connectivity index is 0.000000176. The number of nitrogens with one attached hydrogen (secondary N) is 1. The molecule has 4 N–H and O–H groups in total. The van der Waals surface area contributed by atoms with Gasteiger partial charge in [0.1, 0.15) is 0 Å². The van der Waals surface area contributed by atoms with E-state index < -0.39 is 17.5 Å². The molecule has 16 heavy (non-hydrogen) atoms. The standard InChI is InChI=1S/C6H4.C5H10N2O3/c1-2-5-4-6(5)3-1;1-3(8)7-5(2,6)4(9)10/h1-4H;6H2,1-2H3,(H,7,8)(H,9,10). The number of hydrogen-bond acceptors (Lipinski definition) is 3. The Morgan fingerprint density at radius 3 is 2.00 bits per heavy atom. The fourth-order valence-electron chi connectivity index (χ4n) is 1.09. The number of carboxylic acid groups (broad SMARTS) is 1. The summed E-state index contributed by atoms with van der Waals surface area (Å²) in [5.74, 6) is -1.73. The van der Waals surface area contributed by atoms with Crippen LogP contribution < -0.4 is 11.1 Å². The lowest BCUT2D eigenvalue weighted by molar-refractivity contribution is -0.146. The van der Waals surface area contributed by atoms with Gasteiger partial charge in [-0.2, -0.15) is 0 Å². The smallest absolute Gasteiger partial charge is 0.344 e. The number of nitrogens with two attached hydrogens (primary N) is 1. The average Bonchev–Trinajstić information content (AvgIpc) is 2.72. The molecule has 1 unspecified atom stereocenters. The van der Waals surface area contributed by atoms with Crippen LogP contribution in [-0.2, 0) is 9.59 Å². The zero-order valence-electron chi connectivity index (χ0n) is 9.15. The van der Waals surface area contributed by atoms with Crippen molar-refractivity contribution < 1.29 is 14.7 Å². The topological polar surface area (TPSA) is 92.4 Å². The number of fused-ring (bicyclic) bond motifs is 1. The van der Waals surface area contributed by atoms with Crippen LogP contribution in [0.25, 0.3) is 11.1 Å². The van der Waals surface area contributed by atoms with E-state index in [1.54, 1.807) is 0 Å². The minimum absolute atomic E-state index is 0.465. The van der Waals surface area contributed by atoms with E-state index in [1.165, 1.54) is 25.0 Å². The van der Waals surface area contributed by atoms with Crippen molar-refractivity contribution in [1.82, 2.24) is 5.32 Å². The Kier molecular flexibility index (Phi) is 3.29. The van der Waals surface area contributed by atoms with Gasteiger partial charge in [0.15, 0.2) is 5.66 Å². The molecule has 2 aliphatic rings. The molecule has 0 aromatic carbocycles. The van der Waals surface area contributed by atoms with Gasteiger partial charge in [0.25, 0.3) is 0 Å². The fraction of sp³-hybridized carbons (Fsp3) is 0.273. The summed E-state index contributed by atoms with van der Waals surface area (Å²) in [6.45, 7) is 2.41. The quantitative estimate of drug-likeness (QED) is 0.647. The fourth-order valence-corrected chi connectivity index (χ4v) is 1.09. The van der Waals surface area contributed by atoms with Crippen LogP contribution in [0.5, 0.6) is 0 Å². The summed E-state index contributed by atoms with van der Waals surface area (Å²) < 4.78 is 0. The SMILES string of the molecule is CC(=O)NC(C)(N)C(=O)O.c1cc2cc-2c1. The molecular weight excluding hydrogens is 208 g/mol. The van der Waals surface area contributed by atoms with Crippen LogP contribution in [0.3, 0.4) is 0 Å². The van der Waals surface area contributed by atoms with Gasteiger partial charge >= 0.3 is 5.97 Å². The lowest BCUT2D eigenvalue weighted by Gasteiger charge is -2.19. The van der Waals surface area contributed by atoms with E-state index in [9.17, 15) is 9.59 Å². The monoisotopic (exact) mass is 222 g/mol. The largest absolute Gasteiger partial charge is 0.479 e. The zero-order chi connectivity index (χ0) is 12.3. The van der Waals surface area contributed by atoms with E-state index in [2.05, 4.69) is 29.6 Å². The molecule has 0 radical (unpaired) electrons. The normalized spacial score (nSPS) is 13.9. The van der Waals surface area contributed by atoms with Gasteiger partial charge in [-0.1, -0.05) is 18.2 Å². The maximum Gasteiger partial charge on any atom is 0.344 e. The van der Waals surface area contributed by atoms with Gasteiger partial charge < -0.3 is 10.4 Å². The molecule has 0 fully saturated rings. The highest BCUT2D eigenvalue weighted by Gasteiger charge is 2.28. The number of aliphatic carboxylic acids is 1. The van der Waals surface area contributed by atoms with Crippen molar-refractivity contribution in [3.8, 4) is 11.1 Å². The molecule has 0 bridgehead atoms. The third-order valence-electron chi connectivity index (χ3n) is 1.99. The second-order valence-electron chi connectivity index (χ2n) is 3.77. The Labute approximate surface area is 93.3 Å². The van der Waals surface area contributed by atoms with Crippen molar-refractivity contribution in [2.24, 2.45) is 5.73 Å². The molecule has 0 heterocycles. The number of amides is 1. The number of rotatable bonds is 2. The number of carboxylic acids is 1. The average molecular weight is 222 g/mol. The summed E-state index contributed by atoms with van der Waals surface area (Å²) in [5, 5.41) is 10.4. The first-order chi connectivity index (χ1) is 7.33. The summed E-state index contributed by atoms with van der Waals surface area (Å²) in [7, 11) is 0. The number of carbonyl (C=O) groups excluding carboxylic acids is 1. The second kappa shape index (κ2) is 4.32. The van der Waals surface area contributed by atoms with Crippen molar-refractivity contribution in [1.29, 1.82) is 0 Å². The molecule has 0 aromatic rings. The van der Waals surface area contributed by atoms with E-state index in [1.807, 2.05) is 0 Å². The van der Waals surface area contributed by atoms with Crippen molar-refractivity contribution in [2.45, 2.75) is 19.5 Å². The molecule has 1 atom stereocenters. The maximum atomic E-state index is 10.3. The Bertz CT molecular complexity index is 410. The number of carbonyl (C=O) groups is 2. The number of benzene rings is 1. The molecule has 0 aromatic heterocycles. The predicted molar refractivity (Wildman–Crippen MR) is 59.5 cm³/mol. The lowest BCUT2D eigenvalue weighted by Crippen LogP contribution is -2.58. The van der Waals surface area contributed by atoms with E-state index in [-0.39, 0.29) is 0 Å². The summed E-state index contributed by atoms with van der Waals surface area (Å²) >= 11 is 0. The summed E-state index contributed by atoms with van der Waals surface area (Å²) in [6.07, 6.45) is 0. The Hall–Kier alpha value is -1.88. The predicted octanol–water partition coefficient (Wildman–Crippen LogP) is 0.549. The lowest BCUT2D eigenvalue weighted by atomic mass is 10.2. The molecule has 86 valence electrons. The zero-order valence-corrected chi connectivity index (χ0v) is 9.15. The molecule has 0 saturated heterocycles. The molecule has 2 aliphatic carbocycles.